The summed E-state index contributed by atoms with van der Waals surface area (Å²) in [5.74, 6) is -2.07. The number of benzene rings is 3. The van der Waals surface area contributed by atoms with Gasteiger partial charge in [0.2, 0.25) is 0 Å². The van der Waals surface area contributed by atoms with E-state index >= 15 is 0 Å². The average molecular weight is 620 g/mol. The van der Waals surface area contributed by atoms with E-state index in [1.807, 2.05) is 13.0 Å². The van der Waals surface area contributed by atoms with Crippen LogP contribution >= 0.6 is 0 Å². The van der Waals surface area contributed by atoms with E-state index in [-0.39, 0.29) is 45.3 Å². The van der Waals surface area contributed by atoms with Crippen molar-refractivity contribution in [1.29, 1.82) is 5.26 Å². The summed E-state index contributed by atoms with van der Waals surface area (Å²) in [7, 11) is -8.15. The molecule has 218 valence electrons. The van der Waals surface area contributed by atoms with E-state index in [1.165, 1.54) is 42.6 Å². The lowest BCUT2D eigenvalue weighted by molar-refractivity contribution is 0.438. The number of aromatic nitrogens is 2. The van der Waals surface area contributed by atoms with Crippen molar-refractivity contribution in [2.45, 2.75) is 41.2 Å². The number of ether oxygens (including phenoxy) is 1. The van der Waals surface area contributed by atoms with Crippen LogP contribution in [0.15, 0.2) is 88.8 Å². The van der Waals surface area contributed by atoms with Crippen molar-refractivity contribution in [2.24, 2.45) is 0 Å². The van der Waals surface area contributed by atoms with Crippen LogP contribution < -0.4 is 4.74 Å². The summed E-state index contributed by atoms with van der Waals surface area (Å²) >= 11 is 0. The number of halogens is 2. The van der Waals surface area contributed by atoms with Gasteiger partial charge < -0.3 is 4.74 Å². The number of nitrogens with zero attached hydrogens (tertiary/aromatic N) is 3. The number of sulfone groups is 1. The van der Waals surface area contributed by atoms with Gasteiger partial charge in [0.05, 0.1) is 15.9 Å². The van der Waals surface area contributed by atoms with Crippen LogP contribution in [-0.2, 0) is 19.9 Å². The maximum absolute atomic E-state index is 14.6. The Labute approximate surface area is 246 Å². The van der Waals surface area contributed by atoms with Gasteiger partial charge in [0.1, 0.15) is 11.6 Å². The summed E-state index contributed by atoms with van der Waals surface area (Å²) in [5.41, 5.74) is 1.91. The first-order chi connectivity index (χ1) is 20.4. The second kappa shape index (κ2) is 10.00. The summed E-state index contributed by atoms with van der Waals surface area (Å²) in [6.45, 7) is 3.49. The Morgan fingerprint density at radius 3 is 2.19 bits per heavy atom. The van der Waals surface area contributed by atoms with Crippen LogP contribution in [0.25, 0.3) is 22.2 Å². The lowest BCUT2D eigenvalue weighted by atomic mass is 10.0. The van der Waals surface area contributed by atoms with Crippen LogP contribution in [-0.4, -0.2) is 30.5 Å². The van der Waals surface area contributed by atoms with Crippen LogP contribution in [0, 0.1) is 36.8 Å². The quantitative estimate of drug-likeness (QED) is 0.205. The smallest absolute Gasteiger partial charge is 0.269 e. The van der Waals surface area contributed by atoms with Crippen LogP contribution in [0.5, 0.6) is 11.5 Å². The SMILES string of the molecule is Cc1ccc(S(=O)(=O)n2ccc3c(-c4cc(S(=O)(=O)C5(C#N)CC5)ccc4Oc4ccc(F)cc4F)cc(C)nc32)cc1. The molecule has 0 radical (unpaired) electrons. The third-order valence-corrected chi connectivity index (χ3v) is 11.5. The summed E-state index contributed by atoms with van der Waals surface area (Å²) in [6.07, 6.45) is 1.74. The van der Waals surface area contributed by atoms with Gasteiger partial charge in [-0.15, -0.1) is 0 Å². The highest BCUT2D eigenvalue weighted by Gasteiger charge is 2.56. The molecule has 1 aliphatic rings. The number of rotatable bonds is 7. The molecule has 6 rings (SSSR count). The highest BCUT2D eigenvalue weighted by Crippen LogP contribution is 2.48. The van der Waals surface area contributed by atoms with Crippen molar-refractivity contribution < 1.29 is 30.4 Å². The Morgan fingerprint density at radius 1 is 0.860 bits per heavy atom. The molecule has 12 heteroatoms. The summed E-state index contributed by atoms with van der Waals surface area (Å²) in [6, 6.07) is 18.1. The van der Waals surface area contributed by atoms with Crippen LogP contribution in [0.1, 0.15) is 24.1 Å². The van der Waals surface area contributed by atoms with Crippen molar-refractivity contribution in [3.8, 4) is 28.7 Å². The summed E-state index contributed by atoms with van der Waals surface area (Å²) in [5, 5.41) is 9.96. The minimum Gasteiger partial charge on any atom is -0.454 e. The van der Waals surface area contributed by atoms with Gasteiger partial charge in [-0.05, 0) is 86.8 Å². The monoisotopic (exact) mass is 619 g/mol. The van der Waals surface area contributed by atoms with Crippen molar-refractivity contribution in [3.05, 3.63) is 102 Å². The Morgan fingerprint density at radius 2 is 1.53 bits per heavy atom. The first-order valence-electron chi connectivity index (χ1n) is 13.1. The lowest BCUT2D eigenvalue weighted by Gasteiger charge is -2.16. The van der Waals surface area contributed by atoms with Crippen LogP contribution in [0.2, 0.25) is 0 Å². The molecule has 2 aromatic heterocycles. The third-order valence-electron chi connectivity index (χ3n) is 7.42. The molecule has 3 aromatic carbocycles. The second-order valence-electron chi connectivity index (χ2n) is 10.4. The Hall–Kier alpha value is -4.60. The first-order valence-corrected chi connectivity index (χ1v) is 16.0. The van der Waals surface area contributed by atoms with E-state index in [9.17, 15) is 30.9 Å². The molecule has 0 bridgehead atoms. The average Bonchev–Trinajstić information content (AvgIpc) is 3.67. The van der Waals surface area contributed by atoms with Gasteiger partial charge in [-0.25, -0.2) is 34.6 Å². The first kappa shape index (κ1) is 28.5. The van der Waals surface area contributed by atoms with Crippen LogP contribution in [0.4, 0.5) is 8.78 Å². The standard InChI is InChI=1S/C31H23F2N3O5S2/c1-19-3-6-22(7-4-19)43(39,40)36-14-11-24-25(15-20(2)35-30(24)36)26-17-23(42(37,38)31(18-34)12-13-31)8-10-28(26)41-29-9-5-21(32)16-27(29)33/h3-11,14-17H,12-13H2,1-2H3. The highest BCUT2D eigenvalue weighted by molar-refractivity contribution is 7.93. The number of hydrogen-bond donors (Lipinski definition) is 0. The topological polar surface area (TPSA) is 119 Å². The van der Waals surface area contributed by atoms with Gasteiger partial charge in [-0.3, -0.25) is 0 Å². The fraction of sp³-hybridized carbons (Fsp3) is 0.161. The van der Waals surface area contributed by atoms with Crippen molar-refractivity contribution >= 4 is 30.9 Å². The molecular formula is C31H23F2N3O5S2. The molecule has 0 spiro atoms. The Bertz CT molecular complexity index is 2200. The van der Waals surface area contributed by atoms with E-state index in [2.05, 4.69) is 4.98 Å². The van der Waals surface area contributed by atoms with Crippen molar-refractivity contribution in [2.75, 3.05) is 0 Å². The maximum Gasteiger partial charge on any atom is 0.269 e. The van der Waals surface area contributed by atoms with E-state index < -0.39 is 36.2 Å². The molecule has 5 aromatic rings. The lowest BCUT2D eigenvalue weighted by Crippen LogP contribution is -2.21. The highest BCUT2D eigenvalue weighted by atomic mass is 32.2. The van der Waals surface area contributed by atoms with E-state index in [4.69, 9.17) is 4.74 Å². The molecule has 1 fully saturated rings. The van der Waals surface area contributed by atoms with Gasteiger partial charge in [-0.2, -0.15) is 5.26 Å². The minimum absolute atomic E-state index is 0.0207. The summed E-state index contributed by atoms with van der Waals surface area (Å²) in [4.78, 5) is 4.38. The fourth-order valence-corrected chi connectivity index (χ4v) is 7.91. The molecule has 1 aliphatic carbocycles. The van der Waals surface area contributed by atoms with Crippen molar-refractivity contribution in [1.82, 2.24) is 8.96 Å². The Kier molecular flexibility index (Phi) is 6.63. The van der Waals surface area contributed by atoms with Gasteiger partial charge in [0.25, 0.3) is 10.0 Å². The molecular weight excluding hydrogens is 596 g/mol. The van der Waals surface area contributed by atoms with E-state index in [0.29, 0.717) is 22.7 Å². The molecule has 0 N–H and O–H groups in total. The fourth-order valence-electron chi connectivity index (χ4n) is 4.88. The Balaban J connectivity index is 1.58. The zero-order chi connectivity index (χ0) is 30.7. The number of aryl methyl sites for hydroxylation is 2. The zero-order valence-electron chi connectivity index (χ0n) is 22.9. The largest absolute Gasteiger partial charge is 0.454 e. The molecule has 0 aliphatic heterocycles. The molecule has 2 heterocycles. The number of fused-ring (bicyclic) bond motifs is 1. The molecule has 1 saturated carbocycles. The maximum atomic E-state index is 14.6. The van der Waals surface area contributed by atoms with Crippen molar-refractivity contribution in [3.63, 3.8) is 0 Å². The van der Waals surface area contributed by atoms with Gasteiger partial charge >= 0.3 is 0 Å². The van der Waals surface area contributed by atoms with E-state index in [0.717, 1.165) is 21.7 Å². The molecule has 0 unspecified atom stereocenters. The van der Waals surface area contributed by atoms with Crippen LogP contribution in [0.3, 0.4) is 0 Å². The van der Waals surface area contributed by atoms with Gasteiger partial charge in [-0.1, -0.05) is 17.7 Å². The van der Waals surface area contributed by atoms with Gasteiger partial charge in [0, 0.05) is 28.9 Å². The molecule has 0 atom stereocenters. The predicted octanol–water partition coefficient (Wildman–Crippen LogP) is 6.46. The second-order valence-corrected chi connectivity index (χ2v) is 14.5. The molecule has 0 saturated heterocycles. The molecule has 8 nitrogen and oxygen atoms in total. The molecule has 0 amide bonds. The number of pyridine rings is 1. The summed E-state index contributed by atoms with van der Waals surface area (Å²) < 4.78 is 87.7. The van der Waals surface area contributed by atoms with Gasteiger partial charge in [0.15, 0.2) is 31.8 Å². The number of hydrogen-bond acceptors (Lipinski definition) is 7. The van der Waals surface area contributed by atoms with E-state index in [1.54, 1.807) is 25.1 Å². The normalized spacial score (nSPS) is 14.4. The minimum atomic E-state index is -4.09. The predicted molar refractivity (Wildman–Crippen MR) is 155 cm³/mol. The number of nitriles is 1. The molecule has 43 heavy (non-hydrogen) atoms. The third kappa shape index (κ3) is 4.74. The zero-order valence-corrected chi connectivity index (χ0v) is 24.5.